The largest absolute Gasteiger partial charge is 0.494 e. The van der Waals surface area contributed by atoms with Crippen LogP contribution in [-0.2, 0) is 19.1 Å². The number of aryl methyl sites for hydroxylation is 1. The van der Waals surface area contributed by atoms with Crippen molar-refractivity contribution >= 4 is 40.8 Å². The number of nitrogens with one attached hydrogen (secondary N) is 4. The minimum atomic E-state index is -1.35. The van der Waals surface area contributed by atoms with Crippen LogP contribution in [0.1, 0.15) is 128 Å². The smallest absolute Gasteiger partial charge is 0.407 e. The van der Waals surface area contributed by atoms with E-state index in [1.54, 1.807) is 13.0 Å². The number of fused-ring (bicyclic) bond motifs is 7. The number of aliphatic carboxylic acids is 1. The molecule has 2 aromatic carbocycles. The predicted octanol–water partition coefficient (Wildman–Crippen LogP) is 9.43. The van der Waals surface area contributed by atoms with E-state index in [4.69, 9.17) is 19.6 Å². The number of carbonyl (C=O) groups excluding carboxylic acids is 4. The van der Waals surface area contributed by atoms with Gasteiger partial charge in [0.2, 0.25) is 17.2 Å². The Balaban J connectivity index is 0.809. The van der Waals surface area contributed by atoms with Crippen LogP contribution in [0, 0.1) is 64.9 Å². The maximum atomic E-state index is 15.1. The number of ether oxygens (including phenoxy) is 2. The van der Waals surface area contributed by atoms with Gasteiger partial charge in [0, 0.05) is 66.2 Å². The zero-order chi connectivity index (χ0) is 54.8. The van der Waals surface area contributed by atoms with E-state index in [1.807, 2.05) is 0 Å². The molecule has 6 aliphatic rings. The number of benzene rings is 3. The van der Waals surface area contributed by atoms with E-state index < -0.39 is 65.9 Å². The van der Waals surface area contributed by atoms with Crippen LogP contribution in [0.15, 0.2) is 63.3 Å². The molecule has 7 N–H and O–H groups in total. The highest BCUT2D eigenvalue weighted by atomic mass is 19.1. The highest BCUT2D eigenvalue weighted by Gasteiger charge is 2.61. The summed E-state index contributed by atoms with van der Waals surface area (Å²) in [4.78, 5) is 76.6. The first kappa shape index (κ1) is 55.9. The maximum Gasteiger partial charge on any atom is 0.407 e. The van der Waals surface area contributed by atoms with Gasteiger partial charge in [0.25, 0.3) is 5.91 Å². The van der Waals surface area contributed by atoms with Crippen molar-refractivity contribution in [3.05, 3.63) is 87.1 Å². The van der Waals surface area contributed by atoms with Crippen molar-refractivity contribution in [3.8, 4) is 28.2 Å². The molecule has 0 saturated heterocycles. The molecular formula is C59H75F2N5O10. The molecule has 17 heteroatoms. The van der Waals surface area contributed by atoms with Gasteiger partial charge in [-0.1, -0.05) is 65.2 Å². The van der Waals surface area contributed by atoms with E-state index in [1.165, 1.54) is 69.1 Å². The van der Waals surface area contributed by atoms with E-state index in [0.717, 1.165) is 37.8 Å². The molecule has 3 fully saturated rings. The fraction of sp³-hybridized carbons (Fsp3) is 0.559. The Labute approximate surface area is 443 Å². The number of carbonyl (C=O) groups is 5. The van der Waals surface area contributed by atoms with Gasteiger partial charge in [-0.15, -0.1) is 0 Å². The van der Waals surface area contributed by atoms with Gasteiger partial charge in [-0.25, -0.2) is 13.6 Å². The van der Waals surface area contributed by atoms with Gasteiger partial charge in [-0.05, 0) is 140 Å². The summed E-state index contributed by atoms with van der Waals surface area (Å²) < 4.78 is 46.7. The summed E-state index contributed by atoms with van der Waals surface area (Å²) in [5, 5.41) is 20.0. The highest BCUT2D eigenvalue weighted by Crippen LogP contribution is 2.68. The Morgan fingerprint density at radius 2 is 1.68 bits per heavy atom. The SMILES string of the molecule is COc1cc2oc3cc(=O)c(F)cc-3c(-c3ccc(C(=O)N[C@@H](CCC(=O)O)C(=O)NCC(=O)NCCNC(=O)OC4CCC5(C)C(=CCC6C5CCC5(C)C6C[C@H](C)C5[C@H](N)CCCC(C)C)C4)cc3C)c2cc1F. The Morgan fingerprint density at radius 3 is 2.41 bits per heavy atom. The van der Waals surface area contributed by atoms with Crippen molar-refractivity contribution in [1.82, 2.24) is 21.3 Å². The lowest BCUT2D eigenvalue weighted by atomic mass is 9.47. The van der Waals surface area contributed by atoms with Crippen molar-refractivity contribution in [2.24, 2.45) is 52.1 Å². The number of hydrogen-bond donors (Lipinski definition) is 6. The molecule has 8 rings (SSSR count). The van der Waals surface area contributed by atoms with Crippen LogP contribution in [0.25, 0.3) is 33.4 Å². The zero-order valence-corrected chi connectivity index (χ0v) is 44.9. The molecule has 3 saturated carbocycles. The number of rotatable bonds is 19. The van der Waals surface area contributed by atoms with Gasteiger partial charge in [-0.2, -0.15) is 0 Å². The van der Waals surface area contributed by atoms with Crippen LogP contribution in [0.2, 0.25) is 0 Å². The third-order valence-corrected chi connectivity index (χ3v) is 17.8. The number of alkyl carbamates (subject to hydrolysis) is 1. The number of hydrogen-bond acceptors (Lipinski definition) is 10. The van der Waals surface area contributed by atoms with Crippen LogP contribution in [0.3, 0.4) is 0 Å². The van der Waals surface area contributed by atoms with E-state index in [0.29, 0.717) is 58.6 Å². The average molecular weight is 1050 g/mol. The van der Waals surface area contributed by atoms with Gasteiger partial charge in [0.15, 0.2) is 17.4 Å². The van der Waals surface area contributed by atoms with E-state index in [-0.39, 0.29) is 76.1 Å². The van der Waals surface area contributed by atoms with Crippen molar-refractivity contribution in [2.45, 2.75) is 137 Å². The number of halogens is 2. The Bertz CT molecular complexity index is 2920. The topological polar surface area (TPSA) is 228 Å². The fourth-order valence-electron chi connectivity index (χ4n) is 14.1. The summed E-state index contributed by atoms with van der Waals surface area (Å²) in [6.07, 6.45) is 11.6. The highest BCUT2D eigenvalue weighted by molar-refractivity contribution is 6.04. The molecule has 15 nitrogen and oxygen atoms in total. The van der Waals surface area contributed by atoms with Crippen molar-refractivity contribution in [1.29, 1.82) is 0 Å². The predicted molar refractivity (Wildman–Crippen MR) is 285 cm³/mol. The molecule has 2 aromatic rings. The lowest BCUT2D eigenvalue weighted by Gasteiger charge is -2.58. The first-order valence-corrected chi connectivity index (χ1v) is 27.1. The monoisotopic (exact) mass is 1050 g/mol. The zero-order valence-electron chi connectivity index (χ0n) is 44.9. The molecule has 0 aromatic heterocycles. The first-order valence-electron chi connectivity index (χ1n) is 27.1. The van der Waals surface area contributed by atoms with Gasteiger partial charge in [0.05, 0.1) is 13.7 Å². The third-order valence-electron chi connectivity index (χ3n) is 17.8. The molecular weight excluding hydrogens is 977 g/mol. The molecule has 410 valence electrons. The average Bonchev–Trinajstić information content (AvgIpc) is 3.73. The van der Waals surface area contributed by atoms with Crippen LogP contribution in [0.4, 0.5) is 13.6 Å². The van der Waals surface area contributed by atoms with Crippen molar-refractivity contribution in [3.63, 3.8) is 0 Å². The quantitative estimate of drug-likeness (QED) is 0.0294. The molecule has 4 amide bonds. The molecule has 76 heavy (non-hydrogen) atoms. The number of carboxylic acid groups (broad SMARTS) is 1. The van der Waals surface area contributed by atoms with Crippen molar-refractivity contribution in [2.75, 3.05) is 26.7 Å². The maximum absolute atomic E-state index is 15.1. The van der Waals surface area contributed by atoms with Crippen molar-refractivity contribution < 1.29 is 51.8 Å². The lowest BCUT2D eigenvalue weighted by molar-refractivity contribution is -0.137. The lowest BCUT2D eigenvalue weighted by Crippen LogP contribution is -2.52. The van der Waals surface area contributed by atoms with E-state index in [9.17, 15) is 38.3 Å². The normalized spacial score (nSPS) is 25.6. The first-order chi connectivity index (χ1) is 36.1. The Hall–Kier alpha value is -6.36. The summed E-state index contributed by atoms with van der Waals surface area (Å²) in [5.41, 5.74) is 9.53. The molecule has 1 aliphatic heterocycles. The minimum absolute atomic E-state index is 0.0335. The number of allylic oxidation sites excluding steroid dienone is 1. The van der Waals surface area contributed by atoms with Crippen LogP contribution in [-0.4, -0.2) is 79.8 Å². The van der Waals surface area contributed by atoms with Crippen LogP contribution >= 0.6 is 0 Å². The van der Waals surface area contributed by atoms with Gasteiger partial charge >= 0.3 is 12.1 Å². The molecule has 1 heterocycles. The molecule has 0 spiro atoms. The number of nitrogens with two attached hydrogens (primary N) is 1. The fourth-order valence-corrected chi connectivity index (χ4v) is 14.1. The molecule has 5 aliphatic carbocycles. The Kier molecular flexibility index (Phi) is 17.0. The molecule has 0 radical (unpaired) electrons. The van der Waals surface area contributed by atoms with Crippen LogP contribution in [0.5, 0.6) is 5.75 Å². The van der Waals surface area contributed by atoms with Crippen LogP contribution < -0.4 is 37.2 Å². The van der Waals surface area contributed by atoms with E-state index >= 15 is 4.39 Å². The second-order valence-electron chi connectivity index (χ2n) is 23.0. The van der Waals surface area contributed by atoms with E-state index in [2.05, 4.69) is 62.0 Å². The third kappa shape index (κ3) is 11.6. The van der Waals surface area contributed by atoms with Gasteiger partial charge in [-0.3, -0.25) is 24.0 Å². The second kappa shape index (κ2) is 23.1. The molecule has 7 unspecified atom stereocenters. The number of methoxy groups -OCH3 is 1. The summed E-state index contributed by atoms with van der Waals surface area (Å²) in [7, 11) is 1.28. The van der Waals surface area contributed by atoms with Gasteiger partial charge in [0.1, 0.15) is 23.5 Å². The van der Waals surface area contributed by atoms with Gasteiger partial charge < -0.3 is 46.0 Å². The summed E-state index contributed by atoms with van der Waals surface area (Å²) >= 11 is 0. The number of amides is 4. The minimum Gasteiger partial charge on any atom is -0.494 e. The standard InChI is InChI=1S/C59H75F2N5O10/c1-31(2)9-8-10-45(62)54-33(4)24-42-38-14-12-35-25-36(17-19-58(35,5)41(38)18-20-59(42,54)6)75-57(73)64-22-21-63-51(68)30-65-56(72)46(15-16-52(69)70)66-55(71)34-11-13-37(32(3)23-34)53-39-26-43(60)47(67)28-48(39)76-49-29-50(74-7)44(61)27-40(49)53/h11-13,23,26-29,31,33,36,38,41-42,45-46,54H,8-10,14-22,24-25,30,62H2,1-7H3,(H,63,68)(H,64,73)(H,65,72)(H,66,71)(H,69,70)/t33-,36?,38?,41?,42?,45+,46-,54?,58?,59?/m0/s1. The molecule has 0 bridgehead atoms. The Morgan fingerprint density at radius 1 is 0.921 bits per heavy atom. The molecule has 10 atom stereocenters. The number of carboxylic acids is 1. The summed E-state index contributed by atoms with van der Waals surface area (Å²) in [6.45, 7) is 13.3. The summed E-state index contributed by atoms with van der Waals surface area (Å²) in [6, 6.07) is 7.84. The summed E-state index contributed by atoms with van der Waals surface area (Å²) in [5.74, 6) is -1.38. The second-order valence-corrected chi connectivity index (χ2v) is 23.0.